The Morgan fingerprint density at radius 2 is 1.30 bits per heavy atom. The first-order chi connectivity index (χ1) is 14.2. The molecule has 1 rings (SSSR count). The second-order valence-corrected chi connectivity index (χ2v) is 17.3. The van der Waals surface area contributed by atoms with E-state index in [9.17, 15) is 18.3 Å². The third-order valence-corrected chi connectivity index (χ3v) is 16.6. The van der Waals surface area contributed by atoms with Gasteiger partial charge in [0.2, 0.25) is 0 Å². The van der Waals surface area contributed by atoms with Gasteiger partial charge in [0.1, 0.15) is 0 Å². The van der Waals surface area contributed by atoms with Crippen molar-refractivity contribution in [3.63, 3.8) is 0 Å². The average molecular weight is 467 g/mol. The first-order valence-corrected chi connectivity index (χ1v) is 16.7. The number of unbranched alkanes of at least 4 members (excludes halogenated alkanes) is 4. The molecule has 2 unspecified atom stereocenters. The minimum atomic E-state index is -3.79. The number of carbonyl (C=O) groups is 1. The molecule has 0 bridgehead atoms. The van der Waals surface area contributed by atoms with Crippen LogP contribution in [0.1, 0.15) is 105 Å². The molecule has 0 saturated heterocycles. The first kappa shape index (κ1) is 27.8. The molecular weight excluding hydrogens is 419 g/mol. The topological polar surface area (TPSA) is 80.7 Å². The Balaban J connectivity index is 3.35. The first-order valence-electron chi connectivity index (χ1n) is 12.4. The van der Waals surface area contributed by atoms with Crippen molar-refractivity contribution in [1.82, 2.24) is 0 Å². The normalized spacial score (nSPS) is 21.8. The van der Waals surface area contributed by atoms with Crippen molar-refractivity contribution in [3.05, 3.63) is 0 Å². The average Bonchev–Trinajstić information content (AvgIpc) is 2.74. The van der Waals surface area contributed by atoms with Crippen molar-refractivity contribution in [2.45, 2.75) is 110 Å². The van der Waals surface area contributed by atoms with Crippen LogP contribution in [-0.4, -0.2) is 49.4 Å². The molecule has 1 aliphatic rings. The Labute approximate surface area is 185 Å². The second-order valence-electron chi connectivity index (χ2n) is 9.56. The second kappa shape index (κ2) is 12.7. The van der Waals surface area contributed by atoms with E-state index in [1.54, 1.807) is 0 Å². The zero-order valence-corrected chi connectivity index (χ0v) is 21.6. The van der Waals surface area contributed by atoms with Crippen LogP contribution < -0.4 is 0 Å². The van der Waals surface area contributed by atoms with E-state index < -0.39 is 34.1 Å². The summed E-state index contributed by atoms with van der Waals surface area (Å²) in [4.78, 5) is 11.5. The quantitative estimate of drug-likeness (QED) is 0.258. The standard InChI is InChI=1S/C23H47O5PS/c1-5-9-16-29(17-10-6-2,18-11-7-3,19-12-8-4)28-30(26,27)22-15-13-14-21(20-22)23(24)25/h21-22H,5-20H2,1-4H3,(H,24,25). The fourth-order valence-electron chi connectivity index (χ4n) is 5.04. The Morgan fingerprint density at radius 1 is 0.867 bits per heavy atom. The van der Waals surface area contributed by atoms with Crippen LogP contribution in [0.4, 0.5) is 0 Å². The van der Waals surface area contributed by atoms with E-state index in [2.05, 4.69) is 27.7 Å². The molecule has 1 fully saturated rings. The molecule has 2 atom stereocenters. The number of aliphatic carboxylic acids is 1. The van der Waals surface area contributed by atoms with Crippen LogP contribution in [0.15, 0.2) is 0 Å². The Kier molecular flexibility index (Phi) is 11.8. The van der Waals surface area contributed by atoms with E-state index in [0.29, 0.717) is 19.3 Å². The molecule has 0 heterocycles. The van der Waals surface area contributed by atoms with Crippen LogP contribution in [0.2, 0.25) is 0 Å². The van der Waals surface area contributed by atoms with Gasteiger partial charge in [0.05, 0.1) is 0 Å². The maximum atomic E-state index is 13.6. The van der Waals surface area contributed by atoms with Crippen molar-refractivity contribution >= 4 is 22.9 Å². The number of carboxylic acid groups (broad SMARTS) is 1. The molecule has 0 spiro atoms. The Morgan fingerprint density at radius 3 is 1.67 bits per heavy atom. The van der Waals surface area contributed by atoms with E-state index in [-0.39, 0.29) is 6.42 Å². The molecule has 0 amide bonds. The zero-order chi connectivity index (χ0) is 22.7. The SMILES string of the molecule is CCCCP(CCCC)(CCCC)(CCCC)OS(=O)(=O)C1CCCC(C(=O)O)C1. The summed E-state index contributed by atoms with van der Waals surface area (Å²) in [6, 6.07) is 0. The Bertz CT molecular complexity index is 576. The van der Waals surface area contributed by atoms with Crippen LogP contribution in [0.3, 0.4) is 0 Å². The summed E-state index contributed by atoms with van der Waals surface area (Å²) in [6.07, 6.45) is 13.7. The van der Waals surface area contributed by atoms with Gasteiger partial charge in [-0.25, -0.2) is 0 Å². The summed E-state index contributed by atoms with van der Waals surface area (Å²) in [5.41, 5.74) is 0. The molecule has 0 aromatic rings. The summed E-state index contributed by atoms with van der Waals surface area (Å²) in [5.74, 6) is -1.44. The van der Waals surface area contributed by atoms with Crippen LogP contribution in [-0.2, 0) is 18.9 Å². The van der Waals surface area contributed by atoms with E-state index in [0.717, 1.165) is 76.0 Å². The van der Waals surface area contributed by atoms with Crippen LogP contribution >= 0.6 is 6.83 Å². The van der Waals surface area contributed by atoms with Gasteiger partial charge in [-0.3, -0.25) is 0 Å². The van der Waals surface area contributed by atoms with E-state index in [4.69, 9.17) is 3.97 Å². The molecule has 1 saturated carbocycles. The van der Waals surface area contributed by atoms with Crippen molar-refractivity contribution in [1.29, 1.82) is 0 Å². The van der Waals surface area contributed by atoms with Gasteiger partial charge in [0.15, 0.2) is 0 Å². The third-order valence-electron chi connectivity index (χ3n) is 7.01. The summed E-state index contributed by atoms with van der Waals surface area (Å²) < 4.78 is 33.9. The van der Waals surface area contributed by atoms with Crippen molar-refractivity contribution in [2.75, 3.05) is 24.6 Å². The molecule has 0 aliphatic heterocycles. The molecule has 30 heavy (non-hydrogen) atoms. The molecule has 7 heteroatoms. The molecule has 180 valence electrons. The minimum absolute atomic E-state index is 0.202. The fourth-order valence-corrected chi connectivity index (χ4v) is 15.8. The Hall–Kier alpha value is -0.190. The van der Waals surface area contributed by atoms with Gasteiger partial charge in [-0.1, -0.05) is 0 Å². The molecule has 0 aromatic heterocycles. The summed E-state index contributed by atoms with van der Waals surface area (Å²) in [7, 11) is -3.79. The molecular formula is C23H47O5PS. The predicted molar refractivity (Wildman–Crippen MR) is 129 cm³/mol. The molecule has 5 nitrogen and oxygen atoms in total. The van der Waals surface area contributed by atoms with Gasteiger partial charge in [0.25, 0.3) is 0 Å². The maximum absolute atomic E-state index is 13.6. The molecule has 0 aromatic carbocycles. The number of hydrogen-bond donors (Lipinski definition) is 1. The molecule has 1 N–H and O–H groups in total. The number of hydrogen-bond acceptors (Lipinski definition) is 4. The van der Waals surface area contributed by atoms with Crippen LogP contribution in [0, 0.1) is 5.92 Å². The van der Waals surface area contributed by atoms with Crippen molar-refractivity contribution in [2.24, 2.45) is 5.92 Å². The monoisotopic (exact) mass is 466 g/mol. The number of rotatable bonds is 16. The summed E-state index contributed by atoms with van der Waals surface area (Å²) >= 11 is 0. The van der Waals surface area contributed by atoms with Gasteiger partial charge in [-0.05, 0) is 0 Å². The molecule has 0 radical (unpaired) electrons. The number of carboxylic acids is 1. The third kappa shape index (κ3) is 7.74. The van der Waals surface area contributed by atoms with Gasteiger partial charge in [-0.15, -0.1) is 0 Å². The van der Waals surface area contributed by atoms with Crippen LogP contribution in [0.5, 0.6) is 0 Å². The predicted octanol–water partition coefficient (Wildman–Crippen LogP) is 6.64. The van der Waals surface area contributed by atoms with E-state index in [1.807, 2.05) is 0 Å². The van der Waals surface area contributed by atoms with E-state index >= 15 is 0 Å². The fraction of sp³-hybridized carbons (Fsp3) is 0.957. The van der Waals surface area contributed by atoms with Gasteiger partial charge in [-0.2, -0.15) is 0 Å². The van der Waals surface area contributed by atoms with Gasteiger partial charge in [0, 0.05) is 0 Å². The van der Waals surface area contributed by atoms with E-state index in [1.165, 1.54) is 0 Å². The van der Waals surface area contributed by atoms with Crippen molar-refractivity contribution < 1.29 is 22.3 Å². The summed E-state index contributed by atoms with van der Waals surface area (Å²) in [5, 5.41) is 8.78. The summed E-state index contributed by atoms with van der Waals surface area (Å²) in [6.45, 7) is 5.72. The van der Waals surface area contributed by atoms with Gasteiger partial charge >= 0.3 is 186 Å². The zero-order valence-electron chi connectivity index (χ0n) is 19.9. The van der Waals surface area contributed by atoms with Crippen LogP contribution in [0.25, 0.3) is 0 Å². The van der Waals surface area contributed by atoms with Crippen molar-refractivity contribution in [3.8, 4) is 0 Å². The molecule has 1 aliphatic carbocycles. The van der Waals surface area contributed by atoms with Gasteiger partial charge < -0.3 is 0 Å².